The van der Waals surface area contributed by atoms with E-state index in [1.165, 1.54) is 40.9 Å². The van der Waals surface area contributed by atoms with Crippen LogP contribution in [-0.4, -0.2) is 22.2 Å². The molecule has 1 aliphatic rings. The van der Waals surface area contributed by atoms with Crippen LogP contribution in [0.15, 0.2) is 71.6 Å². The molecule has 1 amide bonds. The molecule has 0 aliphatic carbocycles. The first kappa shape index (κ1) is 22.8. The van der Waals surface area contributed by atoms with Crippen LogP contribution in [0.25, 0.3) is 0 Å². The Hall–Kier alpha value is -3.33. The lowest BCUT2D eigenvalue weighted by atomic mass is 10.0. The number of carboxylic acid groups (broad SMARTS) is 1. The Kier molecular flexibility index (Phi) is 6.16. The topological polar surface area (TPSA) is 57.6 Å². The van der Waals surface area contributed by atoms with E-state index in [9.17, 15) is 27.2 Å². The van der Waals surface area contributed by atoms with Crippen molar-refractivity contribution in [1.82, 2.24) is 0 Å². The molecule has 0 radical (unpaired) electrons. The van der Waals surface area contributed by atoms with Crippen LogP contribution in [0.2, 0.25) is 0 Å². The number of nitrogens with zero attached hydrogens (tertiary/aromatic N) is 1. The molecule has 1 unspecified atom stereocenters. The Labute approximate surface area is 190 Å². The van der Waals surface area contributed by atoms with Crippen LogP contribution in [0.4, 0.5) is 23.2 Å². The molecule has 3 aromatic carbocycles. The molecule has 170 valence electrons. The number of anilines is 1. The summed E-state index contributed by atoms with van der Waals surface area (Å²) in [6, 6.07) is 15.7. The summed E-state index contributed by atoms with van der Waals surface area (Å²) in [7, 11) is 0. The number of para-hydroxylation sites is 1. The largest absolute Gasteiger partial charge is 0.478 e. The number of benzene rings is 3. The third-order valence-corrected chi connectivity index (χ3v) is 6.55. The third kappa shape index (κ3) is 4.73. The number of thioether (sulfide) groups is 1. The summed E-state index contributed by atoms with van der Waals surface area (Å²) in [5.74, 6) is -2.71. The predicted octanol–water partition coefficient (Wildman–Crippen LogP) is 5.79. The summed E-state index contributed by atoms with van der Waals surface area (Å²) in [6.45, 7) is -0.269. The lowest BCUT2D eigenvalue weighted by Gasteiger charge is -2.34. The zero-order valence-corrected chi connectivity index (χ0v) is 17.8. The van der Waals surface area contributed by atoms with Gasteiger partial charge in [-0.25, -0.2) is 9.18 Å². The second-order valence-electron chi connectivity index (χ2n) is 7.48. The van der Waals surface area contributed by atoms with Crippen LogP contribution in [-0.2, 0) is 23.9 Å². The molecule has 4 rings (SSSR count). The number of amides is 1. The molecular weight excluding hydrogens is 458 g/mol. The highest BCUT2D eigenvalue weighted by Gasteiger charge is 2.37. The Morgan fingerprint density at radius 3 is 2.42 bits per heavy atom. The Bertz CT molecular complexity index is 1230. The number of carboxylic acids is 1. The molecular formula is C24H17F4NO3S. The van der Waals surface area contributed by atoms with E-state index in [1.54, 1.807) is 24.3 Å². The van der Waals surface area contributed by atoms with Gasteiger partial charge in [-0.05, 0) is 47.9 Å². The third-order valence-electron chi connectivity index (χ3n) is 5.30. The SMILES string of the molecule is O=C(O)c1ccc(CC2Sc3ccccc3N(Cc3ccccc3C(F)(F)F)C2=O)cc1F. The van der Waals surface area contributed by atoms with Gasteiger partial charge < -0.3 is 10.0 Å². The maximum absolute atomic E-state index is 14.1. The highest BCUT2D eigenvalue weighted by Crippen LogP contribution is 2.42. The first-order valence-corrected chi connectivity index (χ1v) is 10.8. The van der Waals surface area contributed by atoms with Crippen molar-refractivity contribution in [2.75, 3.05) is 4.90 Å². The average molecular weight is 475 g/mol. The van der Waals surface area contributed by atoms with Gasteiger partial charge in [0.15, 0.2) is 0 Å². The molecule has 9 heteroatoms. The molecule has 0 aromatic heterocycles. The minimum Gasteiger partial charge on any atom is -0.478 e. The van der Waals surface area contributed by atoms with Crippen molar-refractivity contribution >= 4 is 29.3 Å². The standard InChI is InChI=1S/C24H17F4NO3S/c25-18-11-14(9-10-16(18)23(31)32)12-21-22(30)29(19-7-3-4-8-20(19)33-21)13-15-5-1-2-6-17(15)24(26,27)28/h1-11,21H,12-13H2,(H,31,32). The summed E-state index contributed by atoms with van der Waals surface area (Å²) in [5, 5.41) is 8.28. The number of hydrogen-bond acceptors (Lipinski definition) is 3. The van der Waals surface area contributed by atoms with E-state index in [2.05, 4.69) is 0 Å². The second-order valence-corrected chi connectivity index (χ2v) is 8.72. The maximum atomic E-state index is 14.1. The van der Waals surface area contributed by atoms with E-state index in [0.717, 1.165) is 18.2 Å². The van der Waals surface area contributed by atoms with Crippen LogP contribution in [0.1, 0.15) is 27.0 Å². The van der Waals surface area contributed by atoms with Crippen molar-refractivity contribution in [2.24, 2.45) is 0 Å². The van der Waals surface area contributed by atoms with E-state index >= 15 is 0 Å². The number of halogens is 4. The zero-order chi connectivity index (χ0) is 23.8. The number of fused-ring (bicyclic) bond motifs is 1. The lowest BCUT2D eigenvalue weighted by molar-refractivity contribution is -0.138. The minimum atomic E-state index is -4.56. The fourth-order valence-corrected chi connectivity index (χ4v) is 5.01. The molecule has 33 heavy (non-hydrogen) atoms. The van der Waals surface area contributed by atoms with Crippen molar-refractivity contribution in [1.29, 1.82) is 0 Å². The van der Waals surface area contributed by atoms with Gasteiger partial charge in [0.2, 0.25) is 5.91 Å². The summed E-state index contributed by atoms with van der Waals surface area (Å²) in [6.07, 6.45) is -4.47. The van der Waals surface area contributed by atoms with E-state index < -0.39 is 40.2 Å². The molecule has 1 atom stereocenters. The molecule has 0 spiro atoms. The van der Waals surface area contributed by atoms with Crippen LogP contribution in [0.3, 0.4) is 0 Å². The van der Waals surface area contributed by atoms with Gasteiger partial charge in [0, 0.05) is 4.90 Å². The number of hydrogen-bond donors (Lipinski definition) is 1. The predicted molar refractivity (Wildman–Crippen MR) is 116 cm³/mol. The van der Waals surface area contributed by atoms with Gasteiger partial charge in [-0.3, -0.25) is 4.79 Å². The van der Waals surface area contributed by atoms with Gasteiger partial charge in [0.25, 0.3) is 0 Å². The highest BCUT2D eigenvalue weighted by molar-refractivity contribution is 8.01. The number of aromatic carboxylic acids is 1. The van der Waals surface area contributed by atoms with Crippen molar-refractivity contribution in [2.45, 2.75) is 29.3 Å². The molecule has 1 aliphatic heterocycles. The van der Waals surface area contributed by atoms with Gasteiger partial charge in [-0.15, -0.1) is 11.8 Å². The first-order valence-electron chi connectivity index (χ1n) is 9.89. The molecule has 0 saturated heterocycles. The molecule has 0 bridgehead atoms. The van der Waals surface area contributed by atoms with Gasteiger partial charge in [0.05, 0.1) is 28.6 Å². The van der Waals surface area contributed by atoms with Gasteiger partial charge in [0.1, 0.15) is 5.82 Å². The fraction of sp³-hybridized carbons (Fsp3) is 0.167. The summed E-state index contributed by atoms with van der Waals surface area (Å²) in [4.78, 5) is 26.4. The molecule has 0 fully saturated rings. The normalized spacial score (nSPS) is 15.9. The van der Waals surface area contributed by atoms with E-state index in [0.29, 0.717) is 16.1 Å². The summed E-state index contributed by atoms with van der Waals surface area (Å²) >= 11 is 1.25. The van der Waals surface area contributed by atoms with E-state index in [-0.39, 0.29) is 18.5 Å². The molecule has 1 heterocycles. The zero-order valence-electron chi connectivity index (χ0n) is 17.0. The van der Waals surface area contributed by atoms with Crippen molar-refractivity contribution < 1.29 is 32.3 Å². The fourth-order valence-electron chi connectivity index (χ4n) is 3.75. The van der Waals surface area contributed by atoms with Crippen molar-refractivity contribution in [3.63, 3.8) is 0 Å². The monoisotopic (exact) mass is 475 g/mol. The van der Waals surface area contributed by atoms with Gasteiger partial charge >= 0.3 is 12.1 Å². The minimum absolute atomic E-state index is 0.0318. The summed E-state index contributed by atoms with van der Waals surface area (Å²) in [5.41, 5.74) is -0.393. The van der Waals surface area contributed by atoms with Crippen molar-refractivity contribution in [3.8, 4) is 0 Å². The Morgan fingerprint density at radius 1 is 1.03 bits per heavy atom. The van der Waals surface area contributed by atoms with E-state index in [1.807, 2.05) is 0 Å². The van der Waals surface area contributed by atoms with Crippen LogP contribution in [0, 0.1) is 5.82 Å². The van der Waals surface area contributed by atoms with E-state index in [4.69, 9.17) is 5.11 Å². The molecule has 1 N–H and O–H groups in total. The van der Waals surface area contributed by atoms with Gasteiger partial charge in [-0.1, -0.05) is 36.4 Å². The van der Waals surface area contributed by atoms with Crippen LogP contribution < -0.4 is 4.90 Å². The Balaban J connectivity index is 1.67. The molecule has 4 nitrogen and oxygen atoms in total. The number of carbonyl (C=O) groups is 2. The Morgan fingerprint density at radius 2 is 1.73 bits per heavy atom. The molecule has 0 saturated carbocycles. The highest BCUT2D eigenvalue weighted by atomic mass is 32.2. The lowest BCUT2D eigenvalue weighted by Crippen LogP contribution is -2.41. The first-order chi connectivity index (χ1) is 15.6. The summed E-state index contributed by atoms with van der Waals surface area (Å²) < 4.78 is 54.6. The second kappa shape index (κ2) is 8.90. The number of alkyl halides is 3. The maximum Gasteiger partial charge on any atom is 0.416 e. The smallest absolute Gasteiger partial charge is 0.416 e. The van der Waals surface area contributed by atoms with Crippen LogP contribution in [0.5, 0.6) is 0 Å². The quantitative estimate of drug-likeness (QED) is 0.475. The van der Waals surface area contributed by atoms with Gasteiger partial charge in [-0.2, -0.15) is 13.2 Å². The van der Waals surface area contributed by atoms with Crippen LogP contribution >= 0.6 is 11.8 Å². The average Bonchev–Trinajstić information content (AvgIpc) is 2.76. The molecule has 3 aromatic rings. The number of carbonyl (C=O) groups excluding carboxylic acids is 1. The van der Waals surface area contributed by atoms with Crippen molar-refractivity contribution in [3.05, 3.63) is 94.8 Å². The number of rotatable bonds is 5.